The van der Waals surface area contributed by atoms with E-state index in [0.29, 0.717) is 12.5 Å². The van der Waals surface area contributed by atoms with E-state index in [1.807, 2.05) is 24.3 Å². The Labute approximate surface area is 195 Å². The van der Waals surface area contributed by atoms with Crippen LogP contribution >= 0.6 is 46.1 Å². The van der Waals surface area contributed by atoms with Gasteiger partial charge in [-0.15, -0.1) is 0 Å². The molecule has 2 aliphatic rings. The van der Waals surface area contributed by atoms with Crippen LogP contribution in [0.25, 0.3) is 10.2 Å². The molecule has 0 N–H and O–H groups in total. The summed E-state index contributed by atoms with van der Waals surface area (Å²) in [5.41, 5.74) is 2.28. The maximum absolute atomic E-state index is 6.53. The number of alkyl halides is 3. The number of para-hydroxylation sites is 1. The van der Waals surface area contributed by atoms with Gasteiger partial charge >= 0.3 is 0 Å². The van der Waals surface area contributed by atoms with Crippen molar-refractivity contribution < 1.29 is 4.74 Å². The van der Waals surface area contributed by atoms with Gasteiger partial charge in [0.1, 0.15) is 6.17 Å². The molecule has 8 heteroatoms. The highest BCUT2D eigenvalue weighted by molar-refractivity contribution is 7.22. The number of aromatic nitrogens is 1. The summed E-state index contributed by atoms with van der Waals surface area (Å²) >= 11 is 21.2. The van der Waals surface area contributed by atoms with Gasteiger partial charge in [0.15, 0.2) is 5.13 Å². The zero-order valence-corrected chi connectivity index (χ0v) is 19.3. The van der Waals surface area contributed by atoms with Crippen molar-refractivity contribution in [1.29, 1.82) is 0 Å². The number of ether oxygens (including phenoxy) is 1. The van der Waals surface area contributed by atoms with Crippen LogP contribution in [-0.4, -0.2) is 52.2 Å². The minimum absolute atomic E-state index is 0.184. The Bertz CT molecular complexity index is 977. The first-order valence-electron chi connectivity index (χ1n) is 10.1. The van der Waals surface area contributed by atoms with Crippen LogP contribution in [0.2, 0.25) is 0 Å². The molecule has 158 valence electrons. The molecule has 2 fully saturated rings. The minimum atomic E-state index is -1.46. The van der Waals surface area contributed by atoms with Gasteiger partial charge in [0.05, 0.1) is 23.4 Å². The lowest BCUT2D eigenvalue weighted by Gasteiger charge is -2.41. The van der Waals surface area contributed by atoms with E-state index in [2.05, 4.69) is 40.1 Å². The number of benzene rings is 2. The smallest absolute Gasteiger partial charge is 0.223 e. The average molecular weight is 483 g/mol. The first-order valence-corrected chi connectivity index (χ1v) is 12.0. The summed E-state index contributed by atoms with van der Waals surface area (Å²) in [6, 6.07) is 18.8. The summed E-state index contributed by atoms with van der Waals surface area (Å²) in [6.07, 6.45) is 0.598. The van der Waals surface area contributed by atoms with Gasteiger partial charge in [0.25, 0.3) is 0 Å². The van der Waals surface area contributed by atoms with E-state index in [4.69, 9.17) is 44.5 Å². The Morgan fingerprint density at radius 1 is 0.967 bits per heavy atom. The van der Waals surface area contributed by atoms with Crippen LogP contribution in [0.5, 0.6) is 0 Å². The fourth-order valence-electron chi connectivity index (χ4n) is 4.58. The molecular weight excluding hydrogens is 461 g/mol. The Hall–Kier alpha value is -1.08. The number of halogens is 3. The summed E-state index contributed by atoms with van der Waals surface area (Å²) < 4.78 is 5.68. The SMILES string of the molecule is ClC(Cl)(Cl)C1N(c2nc3ccccc3s2)CCN1C1COCC(c2ccccc2)C1. The lowest BCUT2D eigenvalue weighted by molar-refractivity contribution is 0.00175. The van der Waals surface area contributed by atoms with Crippen LogP contribution in [0.4, 0.5) is 5.13 Å². The number of anilines is 1. The third kappa shape index (κ3) is 4.04. The maximum Gasteiger partial charge on any atom is 0.223 e. The molecule has 0 bridgehead atoms. The highest BCUT2D eigenvalue weighted by Crippen LogP contribution is 2.44. The van der Waals surface area contributed by atoms with Crippen molar-refractivity contribution in [3.63, 3.8) is 0 Å². The van der Waals surface area contributed by atoms with Crippen LogP contribution in [0.15, 0.2) is 54.6 Å². The first-order chi connectivity index (χ1) is 14.5. The van der Waals surface area contributed by atoms with Gasteiger partial charge in [0, 0.05) is 25.0 Å². The number of nitrogens with zero attached hydrogens (tertiary/aromatic N) is 3. The molecule has 1 aromatic heterocycles. The lowest BCUT2D eigenvalue weighted by Crippen LogP contribution is -2.54. The van der Waals surface area contributed by atoms with Gasteiger partial charge in [-0.1, -0.05) is 88.6 Å². The molecule has 5 rings (SSSR count). The Morgan fingerprint density at radius 3 is 2.50 bits per heavy atom. The Morgan fingerprint density at radius 2 is 1.73 bits per heavy atom. The van der Waals surface area contributed by atoms with Crippen molar-refractivity contribution in [2.45, 2.75) is 28.3 Å². The van der Waals surface area contributed by atoms with E-state index in [1.54, 1.807) is 11.3 Å². The Kier molecular flexibility index (Phi) is 5.86. The topological polar surface area (TPSA) is 28.6 Å². The summed E-state index contributed by atoms with van der Waals surface area (Å²) in [6.45, 7) is 2.96. The quantitative estimate of drug-likeness (QED) is 0.449. The molecule has 0 spiro atoms. The fraction of sp³-hybridized carbons (Fsp3) is 0.409. The van der Waals surface area contributed by atoms with E-state index in [9.17, 15) is 0 Å². The second-order valence-electron chi connectivity index (χ2n) is 7.85. The van der Waals surface area contributed by atoms with Gasteiger partial charge in [-0.2, -0.15) is 0 Å². The average Bonchev–Trinajstić information content (AvgIpc) is 3.38. The number of rotatable bonds is 3. The molecule has 3 heterocycles. The van der Waals surface area contributed by atoms with E-state index in [0.717, 1.165) is 41.5 Å². The Balaban J connectivity index is 1.42. The van der Waals surface area contributed by atoms with E-state index in [1.165, 1.54) is 5.56 Å². The number of hydrogen-bond donors (Lipinski definition) is 0. The van der Waals surface area contributed by atoms with Crippen molar-refractivity contribution in [3.8, 4) is 0 Å². The second kappa shape index (κ2) is 8.45. The minimum Gasteiger partial charge on any atom is -0.379 e. The second-order valence-corrected chi connectivity index (χ2v) is 11.2. The summed E-state index contributed by atoms with van der Waals surface area (Å²) in [7, 11) is 0. The third-order valence-electron chi connectivity index (χ3n) is 5.96. The van der Waals surface area contributed by atoms with E-state index in [-0.39, 0.29) is 12.2 Å². The molecule has 0 amide bonds. The number of thiazole rings is 1. The van der Waals surface area contributed by atoms with Crippen molar-refractivity contribution in [3.05, 3.63) is 60.2 Å². The molecule has 2 aliphatic heterocycles. The van der Waals surface area contributed by atoms with Crippen LogP contribution in [0, 0.1) is 0 Å². The van der Waals surface area contributed by atoms with Gasteiger partial charge < -0.3 is 9.64 Å². The molecule has 2 saturated heterocycles. The van der Waals surface area contributed by atoms with Crippen LogP contribution in [0.1, 0.15) is 17.9 Å². The standard InChI is InChI=1S/C22H22Cl3N3OS/c23-22(24,25)20-27(17-12-16(13-29-14-17)15-6-2-1-3-7-15)10-11-28(20)21-26-18-8-4-5-9-19(18)30-21/h1-9,16-17,20H,10-14H2. The molecule has 30 heavy (non-hydrogen) atoms. The van der Waals surface area contributed by atoms with Crippen molar-refractivity contribution in [1.82, 2.24) is 9.88 Å². The predicted molar refractivity (Wildman–Crippen MR) is 126 cm³/mol. The predicted octanol–water partition coefficient (Wildman–Crippen LogP) is 5.69. The fourth-order valence-corrected chi connectivity index (χ4v) is 6.32. The van der Waals surface area contributed by atoms with E-state index >= 15 is 0 Å². The molecule has 0 aliphatic carbocycles. The van der Waals surface area contributed by atoms with Crippen LogP contribution in [-0.2, 0) is 4.74 Å². The van der Waals surface area contributed by atoms with Crippen molar-refractivity contribution in [2.75, 3.05) is 31.2 Å². The van der Waals surface area contributed by atoms with Crippen molar-refractivity contribution >= 4 is 61.5 Å². The zero-order valence-electron chi connectivity index (χ0n) is 16.3. The zero-order chi connectivity index (χ0) is 20.7. The molecule has 4 nitrogen and oxygen atoms in total. The maximum atomic E-state index is 6.53. The highest BCUT2D eigenvalue weighted by Gasteiger charge is 2.49. The van der Waals surface area contributed by atoms with Gasteiger partial charge in [-0.05, 0) is 24.1 Å². The summed E-state index contributed by atoms with van der Waals surface area (Å²) in [4.78, 5) is 9.25. The monoisotopic (exact) mass is 481 g/mol. The lowest BCUT2D eigenvalue weighted by atomic mass is 9.90. The molecule has 0 radical (unpaired) electrons. The number of hydrogen-bond acceptors (Lipinski definition) is 5. The largest absolute Gasteiger partial charge is 0.379 e. The summed E-state index contributed by atoms with van der Waals surface area (Å²) in [5.74, 6) is 0.345. The molecule has 3 unspecified atom stereocenters. The van der Waals surface area contributed by atoms with E-state index < -0.39 is 3.79 Å². The van der Waals surface area contributed by atoms with Gasteiger partial charge in [-0.25, -0.2) is 4.98 Å². The molecule has 3 atom stereocenters. The normalized spacial score (nSPS) is 25.8. The number of fused-ring (bicyclic) bond motifs is 1. The third-order valence-corrected chi connectivity index (χ3v) is 7.61. The van der Waals surface area contributed by atoms with Gasteiger partial charge in [0.2, 0.25) is 3.79 Å². The molecule has 3 aromatic rings. The molecule has 0 saturated carbocycles. The molecule has 2 aromatic carbocycles. The van der Waals surface area contributed by atoms with Crippen LogP contribution < -0.4 is 4.90 Å². The molecular formula is C22H22Cl3N3OS. The highest BCUT2D eigenvalue weighted by atomic mass is 35.6. The first kappa shape index (κ1) is 20.8. The van der Waals surface area contributed by atoms with Gasteiger partial charge in [-0.3, -0.25) is 4.90 Å². The van der Waals surface area contributed by atoms with Crippen molar-refractivity contribution in [2.24, 2.45) is 0 Å². The summed E-state index contributed by atoms with van der Waals surface area (Å²) in [5, 5.41) is 0.895. The van der Waals surface area contributed by atoms with Crippen LogP contribution in [0.3, 0.4) is 0 Å².